The van der Waals surface area contributed by atoms with Crippen molar-refractivity contribution in [3.63, 3.8) is 0 Å². The van der Waals surface area contributed by atoms with Gasteiger partial charge in [-0.2, -0.15) is 5.10 Å². The fraction of sp³-hybridized carbons (Fsp3) is 0.250. The quantitative estimate of drug-likeness (QED) is 0.369. The number of rotatable bonds is 7. The highest BCUT2D eigenvalue weighted by molar-refractivity contribution is 6.32. The molecule has 1 aliphatic rings. The van der Waals surface area contributed by atoms with Crippen molar-refractivity contribution in [2.24, 2.45) is 10.7 Å². The van der Waals surface area contributed by atoms with Crippen molar-refractivity contribution >= 4 is 29.2 Å². The van der Waals surface area contributed by atoms with Crippen LogP contribution < -0.4 is 11.1 Å². The maximum absolute atomic E-state index is 13.8. The van der Waals surface area contributed by atoms with E-state index in [4.69, 9.17) is 22.1 Å². The zero-order valence-corrected chi connectivity index (χ0v) is 20.3. The van der Waals surface area contributed by atoms with Crippen molar-refractivity contribution in [3.8, 4) is 5.69 Å². The molecule has 0 bridgehead atoms. The molecule has 0 aliphatic carbocycles. The Labute approximate surface area is 211 Å². The largest absolute Gasteiger partial charge is 0.404 e. The fourth-order valence-corrected chi connectivity index (χ4v) is 4.16. The minimum absolute atomic E-state index is 0.0776. The summed E-state index contributed by atoms with van der Waals surface area (Å²) < 4.78 is 34.0. The molecular formula is C24H24ClF2N7O2. The number of aromatic nitrogens is 3. The first kappa shape index (κ1) is 25.3. The van der Waals surface area contributed by atoms with Crippen LogP contribution in [-0.4, -0.2) is 58.2 Å². The van der Waals surface area contributed by atoms with Gasteiger partial charge in [-0.05, 0) is 36.4 Å². The molecule has 0 spiro atoms. The second-order valence-corrected chi connectivity index (χ2v) is 8.46. The van der Waals surface area contributed by atoms with E-state index >= 15 is 0 Å². The summed E-state index contributed by atoms with van der Waals surface area (Å²) in [7, 11) is 3.15. The first-order chi connectivity index (χ1) is 17.3. The van der Waals surface area contributed by atoms with Gasteiger partial charge in [-0.25, -0.2) is 18.4 Å². The summed E-state index contributed by atoms with van der Waals surface area (Å²) in [6.45, 7) is 0.339. The number of amides is 1. The fourth-order valence-electron chi connectivity index (χ4n) is 3.97. The van der Waals surface area contributed by atoms with Gasteiger partial charge in [0.2, 0.25) is 0 Å². The average Bonchev–Trinajstić information content (AvgIpc) is 3.29. The number of fused-ring (bicyclic) bond motifs is 1. The molecule has 188 valence electrons. The number of anilines is 1. The number of methoxy groups -OCH3 is 1. The van der Waals surface area contributed by atoms with Crippen LogP contribution in [0, 0.1) is 11.6 Å². The number of halogens is 3. The number of hydrogen-bond acceptors (Lipinski definition) is 6. The molecule has 9 nitrogen and oxygen atoms in total. The van der Waals surface area contributed by atoms with E-state index in [0.717, 1.165) is 12.1 Å². The molecule has 3 N–H and O–H groups in total. The standard InChI is InChI=1S/C24H24ClF2N7O2/c1-29-21(5-6-28)31-22-9-20(17(25)10-30-22)34-12-15-8-16(13-36-2)33(24(35)23(15)32-34)11-14-3-4-18(26)19(27)7-14/h3-7,9-10,12,16H,8,11,13,28H2,1-2H3,(H,29,30,31)/t16-/m1/s1. The minimum Gasteiger partial charge on any atom is -0.404 e. The number of nitrogens with one attached hydrogen (secondary N) is 1. The van der Waals surface area contributed by atoms with Crippen LogP contribution in [0.4, 0.5) is 14.6 Å². The molecule has 0 radical (unpaired) electrons. The first-order valence-corrected chi connectivity index (χ1v) is 11.3. The zero-order valence-electron chi connectivity index (χ0n) is 19.6. The van der Waals surface area contributed by atoms with Crippen molar-refractivity contribution in [3.05, 3.63) is 82.4 Å². The first-order valence-electron chi connectivity index (χ1n) is 10.9. The Morgan fingerprint density at radius 3 is 2.86 bits per heavy atom. The van der Waals surface area contributed by atoms with Crippen LogP contribution in [-0.2, 0) is 17.7 Å². The number of ether oxygens (including phenoxy) is 1. The van der Waals surface area contributed by atoms with E-state index in [1.165, 1.54) is 30.3 Å². The van der Waals surface area contributed by atoms with Gasteiger partial charge in [0.05, 0.1) is 29.6 Å². The molecule has 36 heavy (non-hydrogen) atoms. The van der Waals surface area contributed by atoms with Gasteiger partial charge in [0, 0.05) is 38.5 Å². The van der Waals surface area contributed by atoms with E-state index in [1.54, 1.807) is 30.3 Å². The molecule has 1 aliphatic heterocycles. The van der Waals surface area contributed by atoms with Crippen molar-refractivity contribution in [1.29, 1.82) is 0 Å². The SMILES string of the molecule is CN=C(C=CN)Nc1cc(-n2cc3c(n2)C(=O)N(Cc2ccc(F)c(F)c2)[C@@H](COC)C3)c(Cl)cn1. The Balaban J connectivity index is 1.66. The third-order valence-electron chi connectivity index (χ3n) is 5.68. The monoisotopic (exact) mass is 515 g/mol. The van der Waals surface area contributed by atoms with E-state index in [1.807, 2.05) is 0 Å². The van der Waals surface area contributed by atoms with Gasteiger partial charge in [-0.3, -0.25) is 9.79 Å². The molecule has 1 amide bonds. The molecule has 12 heteroatoms. The highest BCUT2D eigenvalue weighted by atomic mass is 35.5. The number of carbonyl (C=O) groups is 1. The lowest BCUT2D eigenvalue weighted by atomic mass is 9.98. The third-order valence-corrected chi connectivity index (χ3v) is 5.97. The van der Waals surface area contributed by atoms with Gasteiger partial charge in [0.1, 0.15) is 11.7 Å². The predicted octanol–water partition coefficient (Wildman–Crippen LogP) is 3.33. The Hall–Kier alpha value is -3.83. The number of amidine groups is 1. The van der Waals surface area contributed by atoms with Crippen LogP contribution in [0.25, 0.3) is 5.69 Å². The van der Waals surface area contributed by atoms with Crippen molar-refractivity contribution < 1.29 is 18.3 Å². The van der Waals surface area contributed by atoms with Crippen molar-refractivity contribution in [2.75, 3.05) is 26.1 Å². The predicted molar refractivity (Wildman–Crippen MR) is 132 cm³/mol. The molecule has 2 aromatic heterocycles. The molecule has 0 saturated carbocycles. The molecule has 3 aromatic rings. The lowest BCUT2D eigenvalue weighted by molar-refractivity contribution is 0.0465. The van der Waals surface area contributed by atoms with Gasteiger partial charge >= 0.3 is 0 Å². The number of benzene rings is 1. The summed E-state index contributed by atoms with van der Waals surface area (Å²) >= 11 is 6.41. The van der Waals surface area contributed by atoms with E-state index in [9.17, 15) is 13.6 Å². The molecule has 0 saturated heterocycles. The van der Waals surface area contributed by atoms with Gasteiger partial charge in [0.25, 0.3) is 5.91 Å². The molecule has 4 rings (SSSR count). The molecular weight excluding hydrogens is 492 g/mol. The zero-order chi connectivity index (χ0) is 25.8. The Bertz CT molecular complexity index is 1340. The maximum Gasteiger partial charge on any atom is 0.275 e. The summed E-state index contributed by atoms with van der Waals surface area (Å²) in [5, 5.41) is 7.85. The highest BCUT2D eigenvalue weighted by Gasteiger charge is 2.35. The van der Waals surface area contributed by atoms with Gasteiger partial charge in [0.15, 0.2) is 17.3 Å². The summed E-state index contributed by atoms with van der Waals surface area (Å²) in [6.07, 6.45) is 6.59. The summed E-state index contributed by atoms with van der Waals surface area (Å²) in [6, 6.07) is 4.92. The molecule has 3 heterocycles. The van der Waals surface area contributed by atoms with Crippen LogP contribution in [0.3, 0.4) is 0 Å². The topological polar surface area (TPSA) is 111 Å². The third kappa shape index (κ3) is 5.21. The number of nitrogens with zero attached hydrogens (tertiary/aromatic N) is 5. The van der Waals surface area contributed by atoms with E-state index in [2.05, 4.69) is 20.4 Å². The van der Waals surface area contributed by atoms with E-state index < -0.39 is 11.6 Å². The second-order valence-electron chi connectivity index (χ2n) is 8.06. The van der Waals surface area contributed by atoms with Crippen LogP contribution >= 0.6 is 11.6 Å². The summed E-state index contributed by atoms with van der Waals surface area (Å²) in [5.41, 5.74) is 7.36. The molecule has 1 aromatic carbocycles. The van der Waals surface area contributed by atoms with Crippen molar-refractivity contribution in [1.82, 2.24) is 19.7 Å². The Kier molecular flexibility index (Phi) is 7.61. The van der Waals surface area contributed by atoms with Gasteiger partial charge in [-0.1, -0.05) is 17.7 Å². The molecule has 0 fully saturated rings. The normalized spacial score (nSPS) is 16.0. The Morgan fingerprint density at radius 2 is 2.17 bits per heavy atom. The number of hydrogen-bond donors (Lipinski definition) is 2. The van der Waals surface area contributed by atoms with Crippen LogP contribution in [0.5, 0.6) is 0 Å². The average molecular weight is 516 g/mol. The lowest BCUT2D eigenvalue weighted by Crippen LogP contribution is -2.47. The lowest BCUT2D eigenvalue weighted by Gasteiger charge is -2.34. The number of pyridine rings is 1. The minimum atomic E-state index is -0.972. The summed E-state index contributed by atoms with van der Waals surface area (Å²) in [5.74, 6) is -1.33. The summed E-state index contributed by atoms with van der Waals surface area (Å²) in [4.78, 5) is 23.3. The van der Waals surface area contributed by atoms with E-state index in [-0.39, 0.29) is 30.8 Å². The number of aliphatic imine (C=N–C) groups is 1. The Morgan fingerprint density at radius 1 is 1.36 bits per heavy atom. The van der Waals surface area contributed by atoms with Crippen LogP contribution in [0.15, 0.2) is 53.9 Å². The van der Waals surface area contributed by atoms with E-state index in [0.29, 0.717) is 39.9 Å². The molecule has 0 unspecified atom stereocenters. The maximum atomic E-state index is 13.8. The van der Waals surface area contributed by atoms with Crippen LogP contribution in [0.2, 0.25) is 5.02 Å². The van der Waals surface area contributed by atoms with Gasteiger partial charge < -0.3 is 20.7 Å². The highest BCUT2D eigenvalue weighted by Crippen LogP contribution is 2.28. The van der Waals surface area contributed by atoms with Gasteiger partial charge in [-0.15, -0.1) is 0 Å². The van der Waals surface area contributed by atoms with Crippen molar-refractivity contribution in [2.45, 2.75) is 19.0 Å². The number of carbonyl (C=O) groups excluding carboxylic acids is 1. The van der Waals surface area contributed by atoms with Crippen LogP contribution in [0.1, 0.15) is 21.6 Å². The molecule has 1 atom stereocenters. The smallest absolute Gasteiger partial charge is 0.275 e. The number of nitrogens with two attached hydrogens (primary N) is 1. The second kappa shape index (κ2) is 10.8.